The number of rotatable bonds is 3. The Morgan fingerprint density at radius 3 is 2.43 bits per heavy atom. The quantitative estimate of drug-likeness (QED) is 0.722. The Morgan fingerprint density at radius 1 is 1.29 bits per heavy atom. The van der Waals surface area contributed by atoms with E-state index in [-0.39, 0.29) is 5.54 Å². The highest BCUT2D eigenvalue weighted by Crippen LogP contribution is 2.16. The zero-order valence-electron chi connectivity index (χ0n) is 9.30. The van der Waals surface area contributed by atoms with Crippen LogP contribution in [-0.4, -0.2) is 5.54 Å². The van der Waals surface area contributed by atoms with Gasteiger partial charge in [0.15, 0.2) is 0 Å². The third-order valence-electron chi connectivity index (χ3n) is 2.40. The first-order valence-corrected chi connectivity index (χ1v) is 5.02. The molecule has 4 N–H and O–H groups in total. The number of hydrogen-bond donors (Lipinski definition) is 2. The molecule has 0 aliphatic rings. The van der Waals surface area contributed by atoms with Crippen LogP contribution in [-0.2, 0) is 6.42 Å². The molecule has 2 nitrogen and oxygen atoms in total. The summed E-state index contributed by atoms with van der Waals surface area (Å²) in [5.74, 6) is 0. The molecule has 0 aromatic heterocycles. The third kappa shape index (κ3) is 3.38. The zero-order chi connectivity index (χ0) is 10.8. The molecule has 0 bridgehead atoms. The Balaban J connectivity index is 2.65. The smallest absolute Gasteiger partial charge is 0.0346 e. The lowest BCUT2D eigenvalue weighted by Gasteiger charge is -2.18. The van der Waals surface area contributed by atoms with Gasteiger partial charge in [-0.1, -0.05) is 12.1 Å². The standard InChI is InChI=1S/C12H20N2/c1-9-4-5-10(8-11(9)13)6-7-12(2,3)14/h4-5,8H,6-7,13-14H2,1-3H3. The summed E-state index contributed by atoms with van der Waals surface area (Å²) in [5, 5.41) is 0. The van der Waals surface area contributed by atoms with Crippen LogP contribution in [0.4, 0.5) is 5.69 Å². The van der Waals surface area contributed by atoms with Gasteiger partial charge in [-0.3, -0.25) is 0 Å². The highest BCUT2D eigenvalue weighted by molar-refractivity contribution is 5.48. The van der Waals surface area contributed by atoms with Crippen molar-refractivity contribution in [2.75, 3.05) is 5.73 Å². The second-order valence-corrected chi connectivity index (χ2v) is 4.68. The second-order valence-electron chi connectivity index (χ2n) is 4.68. The first-order chi connectivity index (χ1) is 6.38. The van der Waals surface area contributed by atoms with Gasteiger partial charge in [-0.25, -0.2) is 0 Å². The number of aryl methyl sites for hydroxylation is 2. The van der Waals surface area contributed by atoms with Crippen LogP contribution in [0.1, 0.15) is 31.4 Å². The SMILES string of the molecule is Cc1ccc(CCC(C)(C)N)cc1N. The number of nitrogens with two attached hydrogens (primary N) is 2. The summed E-state index contributed by atoms with van der Waals surface area (Å²) < 4.78 is 0. The first kappa shape index (κ1) is 11.1. The predicted octanol–water partition coefficient (Wildman–Crippen LogP) is 2.25. The Morgan fingerprint density at radius 2 is 1.93 bits per heavy atom. The Labute approximate surface area is 86.3 Å². The molecule has 0 fully saturated rings. The third-order valence-corrected chi connectivity index (χ3v) is 2.40. The van der Waals surface area contributed by atoms with Crippen molar-refractivity contribution in [1.82, 2.24) is 0 Å². The molecule has 0 spiro atoms. The van der Waals surface area contributed by atoms with Crippen LogP contribution in [0.3, 0.4) is 0 Å². The number of hydrogen-bond acceptors (Lipinski definition) is 2. The molecule has 0 heterocycles. The highest BCUT2D eigenvalue weighted by atomic mass is 14.7. The van der Waals surface area contributed by atoms with Crippen molar-refractivity contribution in [3.63, 3.8) is 0 Å². The van der Waals surface area contributed by atoms with Crippen LogP contribution in [0.2, 0.25) is 0 Å². The summed E-state index contributed by atoms with van der Waals surface area (Å²) in [6.07, 6.45) is 1.98. The molecule has 78 valence electrons. The fourth-order valence-corrected chi connectivity index (χ4v) is 1.31. The lowest BCUT2D eigenvalue weighted by atomic mass is 9.96. The van der Waals surface area contributed by atoms with E-state index < -0.39 is 0 Å². The highest BCUT2D eigenvalue weighted by Gasteiger charge is 2.10. The second kappa shape index (κ2) is 4.01. The van der Waals surface area contributed by atoms with Gasteiger partial charge in [-0.15, -0.1) is 0 Å². The van der Waals surface area contributed by atoms with Gasteiger partial charge in [0.05, 0.1) is 0 Å². The van der Waals surface area contributed by atoms with Gasteiger partial charge < -0.3 is 11.5 Å². The molecule has 0 saturated heterocycles. The van der Waals surface area contributed by atoms with Gasteiger partial charge in [0.25, 0.3) is 0 Å². The molecule has 0 amide bonds. The summed E-state index contributed by atoms with van der Waals surface area (Å²) in [4.78, 5) is 0. The Hall–Kier alpha value is -1.02. The summed E-state index contributed by atoms with van der Waals surface area (Å²) in [7, 11) is 0. The average molecular weight is 192 g/mol. The van der Waals surface area contributed by atoms with Gasteiger partial charge >= 0.3 is 0 Å². The summed E-state index contributed by atoms with van der Waals surface area (Å²) in [6, 6.07) is 6.23. The molecule has 1 aromatic rings. The minimum atomic E-state index is -0.0976. The fraction of sp³-hybridized carbons (Fsp3) is 0.500. The maximum Gasteiger partial charge on any atom is 0.0346 e. The van der Waals surface area contributed by atoms with E-state index >= 15 is 0 Å². The van der Waals surface area contributed by atoms with E-state index in [4.69, 9.17) is 11.5 Å². The maximum absolute atomic E-state index is 5.92. The molecule has 0 aliphatic carbocycles. The monoisotopic (exact) mass is 192 g/mol. The Bertz CT molecular complexity index is 311. The molecule has 0 radical (unpaired) electrons. The zero-order valence-corrected chi connectivity index (χ0v) is 9.30. The normalized spacial score (nSPS) is 11.7. The van der Waals surface area contributed by atoms with Crippen molar-refractivity contribution in [2.45, 2.75) is 39.2 Å². The lowest BCUT2D eigenvalue weighted by molar-refractivity contribution is 0.477. The molecule has 1 aromatic carbocycles. The van der Waals surface area contributed by atoms with Gasteiger partial charge in [-0.05, 0) is 50.8 Å². The molecular weight excluding hydrogens is 172 g/mol. The van der Waals surface area contributed by atoms with Crippen molar-refractivity contribution in [3.8, 4) is 0 Å². The van der Waals surface area contributed by atoms with E-state index in [1.165, 1.54) is 5.56 Å². The molecule has 2 heteroatoms. The molecule has 0 atom stereocenters. The van der Waals surface area contributed by atoms with E-state index in [2.05, 4.69) is 12.1 Å². The number of nitrogen functional groups attached to an aromatic ring is 1. The van der Waals surface area contributed by atoms with E-state index in [0.717, 1.165) is 24.1 Å². The van der Waals surface area contributed by atoms with E-state index in [0.29, 0.717) is 0 Å². The van der Waals surface area contributed by atoms with Crippen LogP contribution < -0.4 is 11.5 Å². The van der Waals surface area contributed by atoms with E-state index in [1.54, 1.807) is 0 Å². The summed E-state index contributed by atoms with van der Waals surface area (Å²) >= 11 is 0. The van der Waals surface area contributed by atoms with Crippen molar-refractivity contribution in [3.05, 3.63) is 29.3 Å². The minimum absolute atomic E-state index is 0.0976. The predicted molar refractivity (Wildman–Crippen MR) is 62.2 cm³/mol. The lowest BCUT2D eigenvalue weighted by Crippen LogP contribution is -2.32. The average Bonchev–Trinajstić information content (AvgIpc) is 2.06. The molecule has 14 heavy (non-hydrogen) atoms. The van der Waals surface area contributed by atoms with Gasteiger partial charge in [-0.2, -0.15) is 0 Å². The number of benzene rings is 1. The number of anilines is 1. The largest absolute Gasteiger partial charge is 0.399 e. The molecule has 0 saturated carbocycles. The van der Waals surface area contributed by atoms with Crippen LogP contribution in [0, 0.1) is 6.92 Å². The van der Waals surface area contributed by atoms with Crippen molar-refractivity contribution in [1.29, 1.82) is 0 Å². The van der Waals surface area contributed by atoms with Crippen LogP contribution in [0.25, 0.3) is 0 Å². The van der Waals surface area contributed by atoms with Crippen LogP contribution in [0.15, 0.2) is 18.2 Å². The van der Waals surface area contributed by atoms with Gasteiger partial charge in [0.1, 0.15) is 0 Å². The summed E-state index contributed by atoms with van der Waals surface area (Å²) in [6.45, 7) is 6.11. The maximum atomic E-state index is 5.92. The summed E-state index contributed by atoms with van der Waals surface area (Å²) in [5.41, 5.74) is 14.9. The fourth-order valence-electron chi connectivity index (χ4n) is 1.31. The molecular formula is C12H20N2. The minimum Gasteiger partial charge on any atom is -0.399 e. The molecule has 0 unspecified atom stereocenters. The van der Waals surface area contributed by atoms with Crippen molar-refractivity contribution >= 4 is 5.69 Å². The van der Waals surface area contributed by atoms with E-state index in [9.17, 15) is 0 Å². The molecule has 0 aliphatic heterocycles. The first-order valence-electron chi connectivity index (χ1n) is 5.02. The van der Waals surface area contributed by atoms with Crippen LogP contribution in [0.5, 0.6) is 0 Å². The van der Waals surface area contributed by atoms with Crippen LogP contribution >= 0.6 is 0 Å². The topological polar surface area (TPSA) is 52.0 Å². The Kier molecular flexibility index (Phi) is 3.17. The van der Waals surface area contributed by atoms with Gasteiger partial charge in [0.2, 0.25) is 0 Å². The van der Waals surface area contributed by atoms with Crippen molar-refractivity contribution < 1.29 is 0 Å². The van der Waals surface area contributed by atoms with Gasteiger partial charge in [0, 0.05) is 11.2 Å². The molecule has 1 rings (SSSR count). The van der Waals surface area contributed by atoms with E-state index in [1.807, 2.05) is 26.8 Å². The van der Waals surface area contributed by atoms with Crippen molar-refractivity contribution in [2.24, 2.45) is 5.73 Å².